The number of imide groups is 1. The van der Waals surface area contributed by atoms with Gasteiger partial charge >= 0.3 is 12.1 Å². The first-order chi connectivity index (χ1) is 37.0. The SMILES string of the molecule is Cc1cccc(-c2[nH]c(CN(CCc3c(F)cccc3F)C(=O)OCc3ccc(NC(=O)C(CCCNC(N)=O)NC(=O)C(NC(=O)CCCCCN4C(=O)C=CC4=O)C(C)C)cc3)nc2-c2ccc3nccnc3c2)n1. The Kier molecular flexibility index (Phi) is 19.2. The molecule has 2 unspecified atom stereocenters. The maximum absolute atomic E-state index is 14.9. The molecule has 402 valence electrons. The van der Waals surface area contributed by atoms with Gasteiger partial charge in [-0.1, -0.05) is 50.6 Å². The number of rotatable bonds is 25. The number of imidazole rings is 1. The minimum absolute atomic E-state index is 0.0876. The summed E-state index contributed by atoms with van der Waals surface area (Å²) in [7, 11) is 0. The summed E-state index contributed by atoms with van der Waals surface area (Å²) in [5.41, 5.74) is 10.3. The number of nitrogens with zero attached hydrogens (tertiary/aromatic N) is 6. The zero-order valence-corrected chi connectivity index (χ0v) is 42.8. The molecular weight excluding hydrogens is 995 g/mol. The molecule has 2 atom stereocenters. The van der Waals surface area contributed by atoms with E-state index in [1.165, 1.54) is 23.1 Å². The highest BCUT2D eigenvalue weighted by molar-refractivity contribution is 6.12. The molecule has 0 saturated heterocycles. The quantitative estimate of drug-likeness (QED) is 0.0263. The third-order valence-electron chi connectivity index (χ3n) is 12.6. The number of hydrogen-bond donors (Lipinski definition) is 6. The standard InChI is InChI=1S/C55H60F2N12O8/c1-33(2)49(67-46(70)15-5-4-6-28-69-47(71)22-23-48(69)72)53(74)64-43(14-9-25-61-54(58)75)52(73)63-37-19-16-35(17-20-37)32-77-55(76)68(29-24-38-39(56)11-8-12-40(38)57)31-45-65-50(51(66-45)42-13-7-10-34(3)62-42)36-18-21-41-44(30-36)60-27-26-59-41/h7-8,10-13,16-23,26-27,30,33,43,49H,4-6,9,14-15,24-25,28-29,31-32H2,1-3H3,(H,63,73)(H,64,74)(H,65,66)(H,67,70)(H3,58,61,75). The molecule has 3 aromatic carbocycles. The van der Waals surface area contributed by atoms with E-state index in [4.69, 9.17) is 20.4 Å². The molecule has 22 heteroatoms. The topological polar surface area (TPSA) is 277 Å². The largest absolute Gasteiger partial charge is 0.445 e. The van der Waals surface area contributed by atoms with Gasteiger partial charge in [0.2, 0.25) is 17.7 Å². The van der Waals surface area contributed by atoms with Crippen LogP contribution >= 0.6 is 0 Å². The number of fused-ring (bicyclic) bond motifs is 1. The van der Waals surface area contributed by atoms with Crippen LogP contribution in [0.25, 0.3) is 33.7 Å². The number of ether oxygens (including phenoxy) is 1. The Labute approximate surface area is 442 Å². The fourth-order valence-electron chi connectivity index (χ4n) is 8.48. The van der Waals surface area contributed by atoms with Crippen LogP contribution in [-0.4, -0.2) is 108 Å². The van der Waals surface area contributed by atoms with Crippen LogP contribution in [0, 0.1) is 24.5 Å². The summed E-state index contributed by atoms with van der Waals surface area (Å²) < 4.78 is 35.6. The number of aromatic amines is 1. The first-order valence-electron chi connectivity index (χ1n) is 25.2. The van der Waals surface area contributed by atoms with Crippen LogP contribution in [0.5, 0.6) is 0 Å². The van der Waals surface area contributed by atoms with Crippen molar-refractivity contribution < 1.29 is 47.1 Å². The number of carbonyl (C=O) groups is 7. The fourth-order valence-corrected chi connectivity index (χ4v) is 8.48. The van der Waals surface area contributed by atoms with E-state index in [0.29, 0.717) is 70.0 Å². The zero-order valence-electron chi connectivity index (χ0n) is 42.8. The summed E-state index contributed by atoms with van der Waals surface area (Å²) in [4.78, 5) is 114. The third kappa shape index (κ3) is 15.6. The summed E-state index contributed by atoms with van der Waals surface area (Å²) in [6.45, 7) is 5.17. The van der Waals surface area contributed by atoms with Crippen molar-refractivity contribution in [1.29, 1.82) is 0 Å². The van der Waals surface area contributed by atoms with Crippen LogP contribution in [0.4, 0.5) is 24.1 Å². The number of aryl methyl sites for hydroxylation is 1. The van der Waals surface area contributed by atoms with Crippen molar-refractivity contribution in [2.75, 3.05) is 25.0 Å². The highest BCUT2D eigenvalue weighted by atomic mass is 19.1. The highest BCUT2D eigenvalue weighted by Crippen LogP contribution is 2.31. The van der Waals surface area contributed by atoms with Crippen molar-refractivity contribution in [2.45, 2.75) is 91.0 Å². The van der Waals surface area contributed by atoms with E-state index >= 15 is 0 Å². The number of urea groups is 1. The average Bonchev–Trinajstić information content (AvgIpc) is 4.01. The third-order valence-corrected chi connectivity index (χ3v) is 12.6. The smallest absolute Gasteiger partial charge is 0.410 e. The van der Waals surface area contributed by atoms with E-state index in [1.807, 2.05) is 43.3 Å². The monoisotopic (exact) mass is 1050 g/mol. The molecule has 7 rings (SSSR count). The molecule has 8 amide bonds. The molecule has 1 aliphatic rings. The van der Waals surface area contributed by atoms with E-state index in [0.717, 1.165) is 22.7 Å². The minimum Gasteiger partial charge on any atom is -0.445 e. The maximum atomic E-state index is 14.9. The van der Waals surface area contributed by atoms with Crippen molar-refractivity contribution >= 4 is 58.4 Å². The fraction of sp³-hybridized carbons (Fsp3) is 0.327. The zero-order chi connectivity index (χ0) is 55.0. The van der Waals surface area contributed by atoms with Crippen LogP contribution < -0.4 is 27.0 Å². The van der Waals surface area contributed by atoms with Gasteiger partial charge < -0.3 is 41.6 Å². The van der Waals surface area contributed by atoms with Crippen molar-refractivity contribution in [1.82, 2.24) is 50.7 Å². The number of benzene rings is 3. The minimum atomic E-state index is -1.11. The predicted octanol–water partition coefficient (Wildman–Crippen LogP) is 6.55. The number of pyridine rings is 1. The van der Waals surface area contributed by atoms with Crippen molar-refractivity contribution in [3.63, 3.8) is 0 Å². The molecule has 0 radical (unpaired) electrons. The van der Waals surface area contributed by atoms with E-state index in [1.54, 1.807) is 50.5 Å². The van der Waals surface area contributed by atoms with Crippen LogP contribution in [-0.2, 0) is 48.3 Å². The molecule has 0 fully saturated rings. The van der Waals surface area contributed by atoms with Crippen LogP contribution in [0.3, 0.4) is 0 Å². The number of amides is 8. The van der Waals surface area contributed by atoms with Gasteiger partial charge in [-0.15, -0.1) is 0 Å². The molecular formula is C55H60F2N12O8. The van der Waals surface area contributed by atoms with Crippen molar-refractivity contribution in [3.05, 3.63) is 138 Å². The Bertz CT molecular complexity index is 3110. The number of nitrogens with one attached hydrogen (secondary N) is 5. The van der Waals surface area contributed by atoms with Gasteiger partial charge in [-0.05, 0) is 99.0 Å². The van der Waals surface area contributed by atoms with Gasteiger partial charge in [-0.2, -0.15) is 0 Å². The van der Waals surface area contributed by atoms with Crippen molar-refractivity contribution in [3.8, 4) is 22.6 Å². The molecule has 0 spiro atoms. The Morgan fingerprint density at radius 3 is 2.23 bits per heavy atom. The van der Waals surface area contributed by atoms with Gasteiger partial charge in [0, 0.05) is 73.1 Å². The number of primary amides is 1. The number of H-pyrrole nitrogens is 1. The summed E-state index contributed by atoms with van der Waals surface area (Å²) in [5, 5.41) is 10.8. The van der Waals surface area contributed by atoms with Gasteiger partial charge in [0.05, 0.1) is 34.7 Å². The normalized spacial score (nSPS) is 12.9. The predicted molar refractivity (Wildman–Crippen MR) is 281 cm³/mol. The Morgan fingerprint density at radius 1 is 0.818 bits per heavy atom. The second-order valence-corrected chi connectivity index (χ2v) is 18.7. The van der Waals surface area contributed by atoms with Crippen molar-refractivity contribution in [2.24, 2.45) is 11.7 Å². The van der Waals surface area contributed by atoms with Gasteiger partial charge in [-0.3, -0.25) is 43.8 Å². The van der Waals surface area contributed by atoms with Crippen LogP contribution in [0.1, 0.15) is 75.0 Å². The molecule has 7 N–H and O–H groups in total. The lowest BCUT2D eigenvalue weighted by Gasteiger charge is -2.25. The number of carbonyl (C=O) groups excluding carboxylic acids is 7. The number of nitrogens with two attached hydrogens (primary N) is 1. The summed E-state index contributed by atoms with van der Waals surface area (Å²) in [6.07, 6.45) is 6.58. The summed E-state index contributed by atoms with van der Waals surface area (Å²) in [5.74, 6) is -3.87. The van der Waals surface area contributed by atoms with E-state index < -0.39 is 47.7 Å². The van der Waals surface area contributed by atoms with Gasteiger partial charge in [-0.25, -0.2) is 23.4 Å². The molecule has 6 aromatic rings. The average molecular weight is 1060 g/mol. The molecule has 0 saturated carbocycles. The molecule has 0 aliphatic carbocycles. The Hall–Kier alpha value is -8.95. The Balaban J connectivity index is 1.00. The number of hydrogen-bond acceptors (Lipinski definition) is 12. The molecule has 4 heterocycles. The first kappa shape index (κ1) is 55.8. The van der Waals surface area contributed by atoms with E-state index in [9.17, 15) is 42.3 Å². The molecule has 1 aliphatic heterocycles. The first-order valence-corrected chi connectivity index (χ1v) is 25.2. The number of halogens is 2. The van der Waals surface area contributed by atoms with E-state index in [2.05, 4.69) is 36.2 Å². The lowest BCUT2D eigenvalue weighted by molar-refractivity contribution is -0.137. The highest BCUT2D eigenvalue weighted by Gasteiger charge is 2.30. The van der Waals surface area contributed by atoms with E-state index in [-0.39, 0.29) is 87.7 Å². The van der Waals surface area contributed by atoms with Gasteiger partial charge in [0.1, 0.15) is 36.1 Å². The second-order valence-electron chi connectivity index (χ2n) is 18.7. The maximum Gasteiger partial charge on any atom is 0.410 e. The molecule has 77 heavy (non-hydrogen) atoms. The number of anilines is 1. The molecule has 3 aromatic heterocycles. The van der Waals surface area contributed by atoms with Gasteiger partial charge in [0.15, 0.2) is 0 Å². The summed E-state index contributed by atoms with van der Waals surface area (Å²) in [6, 6.07) is 18.1. The second kappa shape index (κ2) is 26.5. The van der Waals surface area contributed by atoms with Gasteiger partial charge in [0.25, 0.3) is 11.8 Å². The van der Waals surface area contributed by atoms with Crippen LogP contribution in [0.2, 0.25) is 0 Å². The molecule has 20 nitrogen and oxygen atoms in total. The summed E-state index contributed by atoms with van der Waals surface area (Å²) >= 11 is 0. The number of unbranched alkanes of at least 4 members (excludes halogenated alkanes) is 2. The number of aromatic nitrogens is 5. The van der Waals surface area contributed by atoms with Crippen LogP contribution in [0.15, 0.2) is 103 Å². The lowest BCUT2D eigenvalue weighted by atomic mass is 10.0. The lowest BCUT2D eigenvalue weighted by Crippen LogP contribution is -2.54. The molecule has 0 bridgehead atoms. The Morgan fingerprint density at radius 2 is 1.53 bits per heavy atom.